The topological polar surface area (TPSA) is 79.3 Å². The molecular formula is C16H27N5O2. The maximum Gasteiger partial charge on any atom is 0.234 e. The lowest BCUT2D eigenvalue weighted by atomic mass is 10.2. The molecule has 1 aliphatic heterocycles. The third-order valence-electron chi connectivity index (χ3n) is 4.15. The van der Waals surface area contributed by atoms with Crippen LogP contribution in [0.2, 0.25) is 0 Å². The highest BCUT2D eigenvalue weighted by Gasteiger charge is 2.27. The van der Waals surface area contributed by atoms with Crippen molar-refractivity contribution < 1.29 is 9.59 Å². The standard InChI is InChI=1S/C16H27N5O2/c1-12-9-13(2)21(19-12)10-15-5-4-8-20(15)11-16(23)18-7-6-17-14(3)22/h9,15H,4-8,10-11H2,1-3H3,(H,17,22)(H,18,23)/t15-/m0/s1. The highest BCUT2D eigenvalue weighted by Crippen LogP contribution is 2.19. The van der Waals surface area contributed by atoms with E-state index in [1.54, 1.807) is 0 Å². The molecule has 1 aromatic heterocycles. The zero-order valence-corrected chi connectivity index (χ0v) is 14.3. The molecule has 0 spiro atoms. The molecule has 1 aliphatic rings. The van der Waals surface area contributed by atoms with Crippen molar-refractivity contribution in [2.45, 2.75) is 46.2 Å². The van der Waals surface area contributed by atoms with E-state index in [1.165, 1.54) is 6.92 Å². The lowest BCUT2D eigenvalue weighted by molar-refractivity contribution is -0.123. The third kappa shape index (κ3) is 5.35. The van der Waals surface area contributed by atoms with E-state index in [0.717, 1.165) is 37.3 Å². The van der Waals surface area contributed by atoms with Crippen LogP contribution in [0.25, 0.3) is 0 Å². The number of nitrogens with one attached hydrogen (secondary N) is 2. The minimum atomic E-state index is -0.0799. The third-order valence-corrected chi connectivity index (χ3v) is 4.15. The number of carbonyl (C=O) groups excluding carboxylic acids is 2. The Bertz CT molecular complexity index is 555. The van der Waals surface area contributed by atoms with Crippen molar-refractivity contribution in [2.75, 3.05) is 26.2 Å². The number of likely N-dealkylation sites (tertiary alicyclic amines) is 1. The van der Waals surface area contributed by atoms with E-state index in [0.29, 0.717) is 25.7 Å². The summed E-state index contributed by atoms with van der Waals surface area (Å²) < 4.78 is 2.03. The van der Waals surface area contributed by atoms with Gasteiger partial charge in [0.15, 0.2) is 0 Å². The van der Waals surface area contributed by atoms with Gasteiger partial charge < -0.3 is 10.6 Å². The molecule has 0 aliphatic carbocycles. The van der Waals surface area contributed by atoms with Crippen LogP contribution in [-0.4, -0.2) is 58.7 Å². The molecule has 128 valence electrons. The second kappa shape index (κ2) is 8.10. The molecule has 0 saturated carbocycles. The Kier molecular flexibility index (Phi) is 6.15. The predicted molar refractivity (Wildman–Crippen MR) is 88.0 cm³/mol. The van der Waals surface area contributed by atoms with Crippen molar-refractivity contribution in [2.24, 2.45) is 0 Å². The van der Waals surface area contributed by atoms with Crippen molar-refractivity contribution in [1.29, 1.82) is 0 Å². The summed E-state index contributed by atoms with van der Waals surface area (Å²) in [6.45, 7) is 8.65. The second-order valence-corrected chi connectivity index (χ2v) is 6.21. The van der Waals surface area contributed by atoms with E-state index in [9.17, 15) is 9.59 Å². The fourth-order valence-electron chi connectivity index (χ4n) is 3.05. The van der Waals surface area contributed by atoms with Crippen molar-refractivity contribution in [3.63, 3.8) is 0 Å². The number of aryl methyl sites for hydroxylation is 2. The average Bonchev–Trinajstić information content (AvgIpc) is 3.02. The summed E-state index contributed by atoms with van der Waals surface area (Å²) in [5, 5.41) is 10.0. The molecular weight excluding hydrogens is 294 g/mol. The van der Waals surface area contributed by atoms with Crippen molar-refractivity contribution in [1.82, 2.24) is 25.3 Å². The Morgan fingerprint density at radius 3 is 2.70 bits per heavy atom. The molecule has 1 saturated heterocycles. The van der Waals surface area contributed by atoms with Gasteiger partial charge in [0.25, 0.3) is 0 Å². The Balaban J connectivity index is 1.78. The SMILES string of the molecule is CC(=O)NCCNC(=O)CN1CCC[C@H]1Cn1nc(C)cc1C. The maximum absolute atomic E-state index is 12.0. The number of rotatable bonds is 7. The van der Waals surface area contributed by atoms with Gasteiger partial charge in [-0.15, -0.1) is 0 Å². The Morgan fingerprint density at radius 2 is 2.04 bits per heavy atom. The molecule has 0 unspecified atom stereocenters. The smallest absolute Gasteiger partial charge is 0.234 e. The zero-order chi connectivity index (χ0) is 16.8. The van der Waals surface area contributed by atoms with Crippen LogP contribution in [0.4, 0.5) is 0 Å². The number of hydrogen-bond acceptors (Lipinski definition) is 4. The van der Waals surface area contributed by atoms with Gasteiger partial charge in [-0.2, -0.15) is 5.10 Å². The van der Waals surface area contributed by atoms with E-state index >= 15 is 0 Å². The molecule has 2 heterocycles. The van der Waals surface area contributed by atoms with Crippen LogP contribution in [0, 0.1) is 13.8 Å². The summed E-state index contributed by atoms with van der Waals surface area (Å²) in [5.74, 6) is -0.0700. The van der Waals surface area contributed by atoms with E-state index in [2.05, 4.69) is 33.6 Å². The molecule has 0 aromatic carbocycles. The van der Waals surface area contributed by atoms with Gasteiger partial charge in [0.05, 0.1) is 18.8 Å². The summed E-state index contributed by atoms with van der Waals surface area (Å²) in [6.07, 6.45) is 2.21. The quantitative estimate of drug-likeness (QED) is 0.704. The molecule has 2 amide bonds. The van der Waals surface area contributed by atoms with Gasteiger partial charge in [0.1, 0.15) is 0 Å². The molecule has 7 heteroatoms. The van der Waals surface area contributed by atoms with Crippen LogP contribution >= 0.6 is 0 Å². The summed E-state index contributed by atoms with van der Waals surface area (Å²) in [5.41, 5.74) is 2.19. The molecule has 23 heavy (non-hydrogen) atoms. The van der Waals surface area contributed by atoms with Crippen molar-refractivity contribution >= 4 is 11.8 Å². The van der Waals surface area contributed by atoms with Crippen molar-refractivity contribution in [3.8, 4) is 0 Å². The maximum atomic E-state index is 12.0. The predicted octanol–water partition coefficient (Wildman–Crippen LogP) is 0.217. The molecule has 1 aromatic rings. The van der Waals surface area contributed by atoms with Crippen LogP contribution < -0.4 is 10.6 Å². The van der Waals surface area contributed by atoms with Gasteiger partial charge in [-0.1, -0.05) is 0 Å². The highest BCUT2D eigenvalue weighted by molar-refractivity contribution is 5.78. The second-order valence-electron chi connectivity index (χ2n) is 6.21. The first-order chi connectivity index (χ1) is 11.0. The minimum Gasteiger partial charge on any atom is -0.355 e. The van der Waals surface area contributed by atoms with E-state index in [4.69, 9.17) is 0 Å². The number of aromatic nitrogens is 2. The van der Waals surface area contributed by atoms with Gasteiger partial charge >= 0.3 is 0 Å². The van der Waals surface area contributed by atoms with Crippen LogP contribution in [0.3, 0.4) is 0 Å². The van der Waals surface area contributed by atoms with Crippen LogP contribution in [0.15, 0.2) is 6.07 Å². The monoisotopic (exact) mass is 321 g/mol. The van der Waals surface area contributed by atoms with Crippen LogP contribution in [0.1, 0.15) is 31.2 Å². The summed E-state index contributed by atoms with van der Waals surface area (Å²) >= 11 is 0. The Labute approximate surface area is 137 Å². The molecule has 1 atom stereocenters. The van der Waals surface area contributed by atoms with E-state index in [1.807, 2.05) is 11.6 Å². The van der Waals surface area contributed by atoms with E-state index in [-0.39, 0.29) is 11.8 Å². The average molecular weight is 321 g/mol. The highest BCUT2D eigenvalue weighted by atomic mass is 16.2. The number of nitrogens with zero attached hydrogens (tertiary/aromatic N) is 3. The van der Waals surface area contributed by atoms with Gasteiger partial charge in [0.2, 0.25) is 11.8 Å². The lowest BCUT2D eigenvalue weighted by Crippen LogP contribution is -2.43. The molecule has 2 N–H and O–H groups in total. The first kappa shape index (κ1) is 17.5. The Morgan fingerprint density at radius 1 is 1.30 bits per heavy atom. The number of hydrogen-bond donors (Lipinski definition) is 2. The fourth-order valence-corrected chi connectivity index (χ4v) is 3.05. The zero-order valence-electron chi connectivity index (χ0n) is 14.3. The van der Waals surface area contributed by atoms with E-state index < -0.39 is 0 Å². The first-order valence-electron chi connectivity index (χ1n) is 8.22. The Hall–Kier alpha value is -1.89. The number of carbonyl (C=O) groups is 2. The minimum absolute atomic E-state index is 0.00983. The molecule has 0 bridgehead atoms. The lowest BCUT2D eigenvalue weighted by Gasteiger charge is -2.24. The van der Waals surface area contributed by atoms with Gasteiger partial charge in [-0.3, -0.25) is 19.2 Å². The number of amides is 2. The summed E-state index contributed by atoms with van der Waals surface area (Å²) in [6, 6.07) is 2.43. The molecule has 1 fully saturated rings. The van der Waals surface area contributed by atoms with Crippen LogP contribution in [0.5, 0.6) is 0 Å². The largest absolute Gasteiger partial charge is 0.355 e. The van der Waals surface area contributed by atoms with Crippen LogP contribution in [-0.2, 0) is 16.1 Å². The summed E-state index contributed by atoms with van der Waals surface area (Å²) in [4.78, 5) is 25.0. The molecule has 2 rings (SSSR count). The summed E-state index contributed by atoms with van der Waals surface area (Å²) in [7, 11) is 0. The van der Waals surface area contributed by atoms with Gasteiger partial charge in [0, 0.05) is 31.7 Å². The van der Waals surface area contributed by atoms with Gasteiger partial charge in [-0.25, -0.2) is 0 Å². The fraction of sp³-hybridized carbons (Fsp3) is 0.688. The molecule has 0 radical (unpaired) electrons. The molecule has 7 nitrogen and oxygen atoms in total. The normalized spacial score (nSPS) is 18.1. The first-order valence-corrected chi connectivity index (χ1v) is 8.22. The van der Waals surface area contributed by atoms with Crippen molar-refractivity contribution in [3.05, 3.63) is 17.5 Å². The van der Waals surface area contributed by atoms with Gasteiger partial charge in [-0.05, 0) is 39.3 Å².